The first-order valence-electron chi connectivity index (χ1n) is 10.4. The Hall–Kier alpha value is -2.88. The van der Waals surface area contributed by atoms with E-state index in [2.05, 4.69) is 27.9 Å². The van der Waals surface area contributed by atoms with Gasteiger partial charge in [0.2, 0.25) is 5.91 Å². The number of thioether (sulfide) groups is 1. The summed E-state index contributed by atoms with van der Waals surface area (Å²) in [5.74, 6) is -0.304. The van der Waals surface area contributed by atoms with E-state index >= 15 is 0 Å². The summed E-state index contributed by atoms with van der Waals surface area (Å²) in [6.45, 7) is 6.14. The summed E-state index contributed by atoms with van der Waals surface area (Å²) in [4.78, 5) is 37.7. The second-order valence-electron chi connectivity index (χ2n) is 8.43. The molecule has 31 heavy (non-hydrogen) atoms. The molecule has 1 aromatic carbocycles. The van der Waals surface area contributed by atoms with Crippen LogP contribution in [0.25, 0.3) is 5.69 Å². The average Bonchev–Trinajstić information content (AvgIpc) is 3.29. The highest BCUT2D eigenvalue weighted by Crippen LogP contribution is 2.35. The maximum atomic E-state index is 12.9. The van der Waals surface area contributed by atoms with E-state index in [1.54, 1.807) is 6.33 Å². The molecule has 9 nitrogen and oxygen atoms in total. The molecular weight excluding hydrogens is 416 g/mol. The molecule has 164 valence electrons. The number of aromatic nitrogens is 3. The molecule has 0 bridgehead atoms. The SMILES string of the molecule is Cc1ccc(C)c(-n2cnnc2SCC(=O)NN2C(=O)NC3(CCC(C)CC3)C2=O)c1. The largest absolute Gasteiger partial charge is 0.344 e. The summed E-state index contributed by atoms with van der Waals surface area (Å²) in [7, 11) is 0. The highest BCUT2D eigenvalue weighted by Gasteiger charge is 2.52. The monoisotopic (exact) mass is 442 g/mol. The maximum absolute atomic E-state index is 12.9. The van der Waals surface area contributed by atoms with E-state index in [0.29, 0.717) is 23.9 Å². The molecule has 1 spiro atoms. The molecule has 2 aromatic rings. The molecule has 0 radical (unpaired) electrons. The number of hydrogen-bond acceptors (Lipinski definition) is 6. The summed E-state index contributed by atoms with van der Waals surface area (Å²) in [6.07, 6.45) is 4.54. The molecule has 1 aliphatic carbocycles. The average molecular weight is 443 g/mol. The van der Waals surface area contributed by atoms with Crippen molar-refractivity contribution in [2.24, 2.45) is 5.92 Å². The minimum absolute atomic E-state index is 0.00928. The van der Waals surface area contributed by atoms with Gasteiger partial charge in [0.15, 0.2) is 5.16 Å². The Balaban J connectivity index is 1.40. The van der Waals surface area contributed by atoms with Gasteiger partial charge in [-0.25, -0.2) is 4.79 Å². The van der Waals surface area contributed by atoms with Crippen LogP contribution in [0.3, 0.4) is 0 Å². The number of nitrogens with one attached hydrogen (secondary N) is 2. The molecule has 2 heterocycles. The second-order valence-corrected chi connectivity index (χ2v) is 9.37. The summed E-state index contributed by atoms with van der Waals surface area (Å²) in [5, 5.41) is 12.3. The van der Waals surface area contributed by atoms with Gasteiger partial charge in [0.1, 0.15) is 11.9 Å². The van der Waals surface area contributed by atoms with Crippen molar-refractivity contribution in [3.63, 3.8) is 0 Å². The molecule has 2 N–H and O–H groups in total. The zero-order chi connectivity index (χ0) is 22.2. The molecule has 4 amide bonds. The van der Waals surface area contributed by atoms with Crippen molar-refractivity contribution in [2.75, 3.05) is 5.75 Å². The number of rotatable bonds is 5. The molecule has 4 rings (SSSR count). The third kappa shape index (κ3) is 4.16. The number of carbonyl (C=O) groups is 3. The van der Waals surface area contributed by atoms with Crippen LogP contribution >= 0.6 is 11.8 Å². The first-order chi connectivity index (χ1) is 14.8. The summed E-state index contributed by atoms with van der Waals surface area (Å²) < 4.78 is 1.83. The highest BCUT2D eigenvalue weighted by atomic mass is 32.2. The van der Waals surface area contributed by atoms with Crippen LogP contribution in [0.4, 0.5) is 4.79 Å². The number of aryl methyl sites for hydroxylation is 2. The van der Waals surface area contributed by atoms with Crippen LogP contribution < -0.4 is 10.7 Å². The fourth-order valence-corrected chi connectivity index (χ4v) is 4.78. The van der Waals surface area contributed by atoms with E-state index in [4.69, 9.17) is 0 Å². The zero-order valence-electron chi connectivity index (χ0n) is 17.8. The van der Waals surface area contributed by atoms with Gasteiger partial charge in [-0.2, -0.15) is 5.01 Å². The smallest absolute Gasteiger partial charge is 0.322 e. The summed E-state index contributed by atoms with van der Waals surface area (Å²) in [5.41, 5.74) is 4.68. The molecule has 1 saturated carbocycles. The number of carbonyl (C=O) groups excluding carboxylic acids is 3. The van der Waals surface area contributed by atoms with Gasteiger partial charge < -0.3 is 5.32 Å². The number of amides is 4. The standard InChI is InChI=1S/C21H26N6O3S/c1-13-6-8-21(9-7-13)18(29)27(19(30)23-21)25-17(28)11-31-20-24-22-12-26(20)16-10-14(2)4-5-15(16)3/h4-5,10,12-13H,6-9,11H2,1-3H3,(H,23,30)(H,25,28). The Labute approximate surface area is 184 Å². The molecule has 0 atom stereocenters. The van der Waals surface area contributed by atoms with Crippen LogP contribution in [0.1, 0.15) is 43.7 Å². The van der Waals surface area contributed by atoms with E-state index in [1.165, 1.54) is 11.8 Å². The number of hydrazine groups is 1. The lowest BCUT2D eigenvalue weighted by Crippen LogP contribution is -2.51. The van der Waals surface area contributed by atoms with Crippen molar-refractivity contribution in [3.8, 4) is 5.69 Å². The molecule has 1 saturated heterocycles. The quantitative estimate of drug-likeness (QED) is 0.544. The van der Waals surface area contributed by atoms with Crippen LogP contribution in [0.5, 0.6) is 0 Å². The summed E-state index contributed by atoms with van der Waals surface area (Å²) >= 11 is 1.19. The normalized spacial score (nSPS) is 23.3. The molecule has 10 heteroatoms. The van der Waals surface area contributed by atoms with Crippen LogP contribution in [-0.4, -0.2) is 48.9 Å². The van der Waals surface area contributed by atoms with Gasteiger partial charge in [0, 0.05) is 0 Å². The number of nitrogens with zero attached hydrogens (tertiary/aromatic N) is 4. The maximum Gasteiger partial charge on any atom is 0.344 e. The van der Waals surface area contributed by atoms with Crippen LogP contribution in [0.15, 0.2) is 29.7 Å². The Bertz CT molecular complexity index is 1030. The second kappa shape index (κ2) is 8.33. The third-order valence-corrected chi connectivity index (χ3v) is 6.94. The number of benzene rings is 1. The van der Waals surface area contributed by atoms with Gasteiger partial charge in [-0.1, -0.05) is 30.8 Å². The number of hydrogen-bond donors (Lipinski definition) is 2. The van der Waals surface area contributed by atoms with Crippen LogP contribution in [0, 0.1) is 19.8 Å². The molecule has 1 aliphatic heterocycles. The topological polar surface area (TPSA) is 109 Å². The fourth-order valence-electron chi connectivity index (χ4n) is 4.07. The lowest BCUT2D eigenvalue weighted by atomic mass is 9.77. The number of imide groups is 1. The molecule has 2 aliphatic rings. The summed E-state index contributed by atoms with van der Waals surface area (Å²) in [6, 6.07) is 5.50. The highest BCUT2D eigenvalue weighted by molar-refractivity contribution is 7.99. The van der Waals surface area contributed by atoms with Gasteiger partial charge >= 0.3 is 6.03 Å². The van der Waals surface area contributed by atoms with Gasteiger partial charge in [-0.05, 0) is 62.6 Å². The first kappa shape index (κ1) is 21.4. The molecule has 2 fully saturated rings. The van der Waals surface area contributed by atoms with E-state index in [1.807, 2.05) is 36.6 Å². The lowest BCUT2D eigenvalue weighted by molar-refractivity contribution is -0.139. The first-order valence-corrected chi connectivity index (χ1v) is 11.3. The van der Waals surface area contributed by atoms with Crippen molar-refractivity contribution < 1.29 is 14.4 Å². The van der Waals surface area contributed by atoms with Crippen molar-refractivity contribution in [1.82, 2.24) is 30.5 Å². The van der Waals surface area contributed by atoms with E-state index in [-0.39, 0.29) is 11.7 Å². The van der Waals surface area contributed by atoms with Crippen molar-refractivity contribution in [3.05, 3.63) is 35.7 Å². The van der Waals surface area contributed by atoms with Crippen molar-refractivity contribution >= 4 is 29.6 Å². The van der Waals surface area contributed by atoms with E-state index < -0.39 is 17.5 Å². The molecular formula is C21H26N6O3S. The van der Waals surface area contributed by atoms with Crippen LogP contribution in [0.2, 0.25) is 0 Å². The van der Waals surface area contributed by atoms with Crippen LogP contribution in [-0.2, 0) is 9.59 Å². The predicted octanol–water partition coefficient (Wildman–Crippen LogP) is 2.51. The van der Waals surface area contributed by atoms with Crippen molar-refractivity contribution in [1.29, 1.82) is 0 Å². The fraction of sp³-hybridized carbons (Fsp3) is 0.476. The zero-order valence-corrected chi connectivity index (χ0v) is 18.7. The number of urea groups is 1. The third-order valence-electron chi connectivity index (χ3n) is 6.00. The molecule has 0 unspecified atom stereocenters. The minimum Gasteiger partial charge on any atom is -0.322 e. The van der Waals surface area contributed by atoms with Gasteiger partial charge in [0.25, 0.3) is 5.91 Å². The Kier molecular flexibility index (Phi) is 5.74. The van der Waals surface area contributed by atoms with E-state index in [0.717, 1.165) is 34.7 Å². The Morgan fingerprint density at radius 2 is 2.03 bits per heavy atom. The Morgan fingerprint density at radius 3 is 2.77 bits per heavy atom. The van der Waals surface area contributed by atoms with Gasteiger partial charge in [-0.3, -0.25) is 19.6 Å². The van der Waals surface area contributed by atoms with Gasteiger partial charge in [-0.15, -0.1) is 10.2 Å². The van der Waals surface area contributed by atoms with Crippen molar-refractivity contribution in [2.45, 2.75) is 57.1 Å². The van der Waals surface area contributed by atoms with Gasteiger partial charge in [0.05, 0.1) is 11.4 Å². The predicted molar refractivity (Wildman–Crippen MR) is 115 cm³/mol. The lowest BCUT2D eigenvalue weighted by Gasteiger charge is -2.33. The molecule has 1 aromatic heterocycles. The van der Waals surface area contributed by atoms with E-state index in [9.17, 15) is 14.4 Å². The minimum atomic E-state index is -0.882. The Morgan fingerprint density at radius 1 is 1.29 bits per heavy atom.